The lowest BCUT2D eigenvalue weighted by atomic mass is 9.89. The van der Waals surface area contributed by atoms with Crippen molar-refractivity contribution >= 4 is 29.1 Å². The zero-order valence-electron chi connectivity index (χ0n) is 20.1. The van der Waals surface area contributed by atoms with Gasteiger partial charge < -0.3 is 19.7 Å². The highest BCUT2D eigenvalue weighted by Crippen LogP contribution is 2.30. The van der Waals surface area contributed by atoms with Gasteiger partial charge >= 0.3 is 0 Å². The zero-order chi connectivity index (χ0) is 25.7. The zero-order valence-corrected chi connectivity index (χ0v) is 20.8. The van der Waals surface area contributed by atoms with Crippen LogP contribution in [-0.4, -0.2) is 49.0 Å². The van der Waals surface area contributed by atoms with E-state index >= 15 is 0 Å². The van der Waals surface area contributed by atoms with E-state index in [1.165, 1.54) is 19.4 Å². The van der Waals surface area contributed by atoms with Gasteiger partial charge in [-0.3, -0.25) is 9.59 Å². The largest absolute Gasteiger partial charge is 0.497 e. The number of hydrogen-bond acceptors (Lipinski definition) is 5. The molecular weight excluding hydrogens is 485 g/mol. The molecule has 2 aromatic carbocycles. The molecule has 7 nitrogen and oxygen atoms in total. The molecule has 1 aliphatic heterocycles. The maximum Gasteiger partial charge on any atom is 0.257 e. The van der Waals surface area contributed by atoms with E-state index in [0.29, 0.717) is 29.5 Å². The minimum atomic E-state index is -0.737. The van der Waals surface area contributed by atoms with Gasteiger partial charge in [0.05, 0.1) is 26.2 Å². The van der Waals surface area contributed by atoms with Crippen molar-refractivity contribution in [1.29, 1.82) is 0 Å². The number of benzene rings is 2. The number of nitrogens with zero attached hydrogens (tertiary/aromatic N) is 2. The second-order valence-electron chi connectivity index (χ2n) is 8.55. The predicted octanol–water partition coefficient (Wildman–Crippen LogP) is 5.09. The number of piperidine rings is 1. The first-order valence-electron chi connectivity index (χ1n) is 11.6. The molecule has 188 valence electrons. The molecule has 0 saturated carbocycles. The number of ether oxygens (including phenoxy) is 2. The topological polar surface area (TPSA) is 80.8 Å². The van der Waals surface area contributed by atoms with E-state index in [1.54, 1.807) is 30.2 Å². The van der Waals surface area contributed by atoms with Crippen molar-refractivity contribution in [2.45, 2.75) is 25.2 Å². The first kappa shape index (κ1) is 25.4. The van der Waals surface area contributed by atoms with E-state index in [-0.39, 0.29) is 35.6 Å². The molecule has 1 fully saturated rings. The number of amides is 2. The number of pyridine rings is 1. The number of hydrogen-bond donors (Lipinski definition) is 1. The van der Waals surface area contributed by atoms with Gasteiger partial charge in [0.15, 0.2) is 5.82 Å². The summed E-state index contributed by atoms with van der Waals surface area (Å²) in [5.74, 6) is -0.536. The van der Waals surface area contributed by atoms with Crippen LogP contribution in [0.4, 0.5) is 10.1 Å². The summed E-state index contributed by atoms with van der Waals surface area (Å²) in [7, 11) is 2.88. The van der Waals surface area contributed by atoms with Crippen LogP contribution in [0.5, 0.6) is 11.6 Å². The predicted molar refractivity (Wildman–Crippen MR) is 135 cm³/mol. The van der Waals surface area contributed by atoms with Crippen molar-refractivity contribution in [3.05, 3.63) is 82.3 Å². The van der Waals surface area contributed by atoms with E-state index in [9.17, 15) is 14.0 Å². The minimum absolute atomic E-state index is 0.0312. The highest BCUT2D eigenvalue weighted by molar-refractivity contribution is 6.31. The SMILES string of the molecule is COc1ccc(CC(=O)Nc2ccc(C3CCN(C(=O)c4ccnc(OC)c4F)CC3)cc2)c(Cl)c1. The Bertz CT molecular complexity index is 1240. The maximum absolute atomic E-state index is 14.4. The summed E-state index contributed by atoms with van der Waals surface area (Å²) in [6.45, 7) is 1.05. The van der Waals surface area contributed by atoms with Crippen molar-refractivity contribution in [2.75, 3.05) is 32.6 Å². The number of aromatic nitrogens is 1. The number of halogens is 2. The molecule has 1 aliphatic rings. The summed E-state index contributed by atoms with van der Waals surface area (Å²) in [5.41, 5.74) is 2.52. The van der Waals surface area contributed by atoms with Crippen molar-refractivity contribution < 1.29 is 23.5 Å². The lowest BCUT2D eigenvalue weighted by molar-refractivity contribution is -0.115. The van der Waals surface area contributed by atoms with Crippen molar-refractivity contribution in [1.82, 2.24) is 9.88 Å². The Kier molecular flexibility index (Phi) is 8.05. The smallest absolute Gasteiger partial charge is 0.257 e. The number of methoxy groups -OCH3 is 2. The molecule has 1 aromatic heterocycles. The summed E-state index contributed by atoms with van der Waals surface area (Å²) >= 11 is 6.24. The summed E-state index contributed by atoms with van der Waals surface area (Å²) in [4.78, 5) is 30.7. The molecule has 4 rings (SSSR count). The van der Waals surface area contributed by atoms with Crippen LogP contribution in [0.1, 0.15) is 40.2 Å². The third-order valence-electron chi connectivity index (χ3n) is 6.34. The number of carbonyl (C=O) groups is 2. The Morgan fingerprint density at radius 3 is 2.44 bits per heavy atom. The monoisotopic (exact) mass is 511 g/mol. The van der Waals surface area contributed by atoms with Gasteiger partial charge in [-0.25, -0.2) is 9.37 Å². The van der Waals surface area contributed by atoms with E-state index in [4.69, 9.17) is 21.1 Å². The molecule has 2 heterocycles. The molecular formula is C27H27ClFN3O4. The van der Waals surface area contributed by atoms with E-state index in [1.807, 2.05) is 24.3 Å². The molecule has 0 aliphatic carbocycles. The Balaban J connectivity index is 1.31. The Labute approximate surface area is 214 Å². The Morgan fingerprint density at radius 1 is 1.08 bits per heavy atom. The van der Waals surface area contributed by atoms with Gasteiger partial charge in [0.1, 0.15) is 5.75 Å². The van der Waals surface area contributed by atoms with Crippen LogP contribution in [0.15, 0.2) is 54.7 Å². The Morgan fingerprint density at radius 2 is 1.81 bits per heavy atom. The van der Waals surface area contributed by atoms with Gasteiger partial charge in [-0.1, -0.05) is 29.8 Å². The number of nitrogens with one attached hydrogen (secondary N) is 1. The highest BCUT2D eigenvalue weighted by Gasteiger charge is 2.27. The third-order valence-corrected chi connectivity index (χ3v) is 6.69. The molecule has 0 bridgehead atoms. The van der Waals surface area contributed by atoms with Crippen LogP contribution >= 0.6 is 11.6 Å². The van der Waals surface area contributed by atoms with Gasteiger partial charge in [-0.05, 0) is 60.2 Å². The normalized spacial score (nSPS) is 13.8. The highest BCUT2D eigenvalue weighted by atomic mass is 35.5. The van der Waals surface area contributed by atoms with E-state index in [0.717, 1.165) is 24.0 Å². The van der Waals surface area contributed by atoms with Crippen LogP contribution in [0, 0.1) is 5.82 Å². The fourth-order valence-corrected chi connectivity index (χ4v) is 4.57. The van der Waals surface area contributed by atoms with Gasteiger partial charge in [-0.2, -0.15) is 0 Å². The molecule has 3 aromatic rings. The van der Waals surface area contributed by atoms with E-state index < -0.39 is 5.82 Å². The van der Waals surface area contributed by atoms with Crippen LogP contribution in [0.3, 0.4) is 0 Å². The lowest BCUT2D eigenvalue weighted by Gasteiger charge is -2.32. The average Bonchev–Trinajstić information content (AvgIpc) is 2.90. The first-order chi connectivity index (χ1) is 17.4. The van der Waals surface area contributed by atoms with Gasteiger partial charge in [-0.15, -0.1) is 0 Å². The molecule has 9 heteroatoms. The van der Waals surface area contributed by atoms with Crippen LogP contribution in [0.25, 0.3) is 0 Å². The van der Waals surface area contributed by atoms with Crippen LogP contribution in [0.2, 0.25) is 5.02 Å². The molecule has 0 radical (unpaired) electrons. The number of anilines is 1. The molecule has 1 saturated heterocycles. The minimum Gasteiger partial charge on any atom is -0.497 e. The summed E-state index contributed by atoms with van der Waals surface area (Å²) in [6, 6.07) is 14.3. The summed E-state index contributed by atoms with van der Waals surface area (Å²) in [5, 5.41) is 3.38. The number of rotatable bonds is 7. The number of carbonyl (C=O) groups excluding carboxylic acids is 2. The van der Waals surface area contributed by atoms with Gasteiger partial charge in [0.25, 0.3) is 11.8 Å². The Hall–Kier alpha value is -3.65. The molecule has 36 heavy (non-hydrogen) atoms. The molecule has 0 atom stereocenters. The molecule has 1 N–H and O–H groups in total. The second kappa shape index (κ2) is 11.4. The fourth-order valence-electron chi connectivity index (χ4n) is 4.33. The van der Waals surface area contributed by atoms with Crippen LogP contribution in [-0.2, 0) is 11.2 Å². The molecule has 0 spiro atoms. The van der Waals surface area contributed by atoms with E-state index in [2.05, 4.69) is 10.3 Å². The molecule has 2 amide bonds. The first-order valence-corrected chi connectivity index (χ1v) is 12.0. The summed E-state index contributed by atoms with van der Waals surface area (Å²) < 4.78 is 24.5. The van der Waals surface area contributed by atoms with Crippen molar-refractivity contribution in [2.24, 2.45) is 0 Å². The maximum atomic E-state index is 14.4. The van der Waals surface area contributed by atoms with Crippen molar-refractivity contribution in [3.63, 3.8) is 0 Å². The number of likely N-dealkylation sites (tertiary alicyclic amines) is 1. The fraction of sp³-hybridized carbons (Fsp3) is 0.296. The third kappa shape index (κ3) is 5.76. The second-order valence-corrected chi connectivity index (χ2v) is 8.96. The average molecular weight is 512 g/mol. The van der Waals surface area contributed by atoms with Crippen LogP contribution < -0.4 is 14.8 Å². The van der Waals surface area contributed by atoms with Gasteiger partial charge in [0.2, 0.25) is 5.91 Å². The van der Waals surface area contributed by atoms with Gasteiger partial charge in [0, 0.05) is 30.0 Å². The molecule has 0 unspecified atom stereocenters. The summed E-state index contributed by atoms with van der Waals surface area (Å²) in [6.07, 6.45) is 3.04. The quantitative estimate of drug-likeness (QED) is 0.478. The lowest BCUT2D eigenvalue weighted by Crippen LogP contribution is -2.38. The van der Waals surface area contributed by atoms with Crippen molar-refractivity contribution in [3.8, 4) is 11.6 Å². The standard InChI is InChI=1S/C27H27ClFN3O4/c1-35-21-8-5-19(23(28)16-21)15-24(33)31-20-6-3-17(4-7-20)18-10-13-32(14-11-18)27(34)22-9-12-30-26(36-2)25(22)29/h3-9,12,16,18H,10-11,13-15H2,1-2H3,(H,31,33).